The van der Waals surface area contributed by atoms with E-state index in [9.17, 15) is 0 Å². The van der Waals surface area contributed by atoms with E-state index in [1.165, 1.54) is 0 Å². The maximum atomic E-state index is 4.19. The third kappa shape index (κ3) is 5.28. The average molecular weight is 224 g/mol. The van der Waals surface area contributed by atoms with E-state index in [2.05, 4.69) is 54.6 Å². The largest absolute Gasteiger partial charge is 0.311 e. The van der Waals surface area contributed by atoms with Gasteiger partial charge in [-0.2, -0.15) is 5.10 Å². The summed E-state index contributed by atoms with van der Waals surface area (Å²) in [7, 11) is 0. The molecule has 0 aliphatic rings. The molecule has 0 aromatic carbocycles. The van der Waals surface area contributed by atoms with Crippen LogP contribution < -0.4 is 10.6 Å². The first-order valence-corrected chi connectivity index (χ1v) is 5.86. The number of H-pyrrole nitrogens is 1. The minimum atomic E-state index is 0.179. The third-order valence-corrected chi connectivity index (χ3v) is 2.33. The fourth-order valence-corrected chi connectivity index (χ4v) is 1.38. The highest BCUT2D eigenvalue weighted by Gasteiger charge is 2.10. The van der Waals surface area contributed by atoms with Crippen molar-refractivity contribution in [3.63, 3.8) is 0 Å². The maximum Gasteiger partial charge on any atom is 0.0762 e. The average Bonchev–Trinajstić information content (AvgIpc) is 2.57. The molecule has 0 saturated heterocycles. The summed E-state index contributed by atoms with van der Waals surface area (Å²) in [6.07, 6.45) is 0. The van der Waals surface area contributed by atoms with Gasteiger partial charge < -0.3 is 10.6 Å². The molecule has 0 aliphatic heterocycles. The van der Waals surface area contributed by atoms with Crippen LogP contribution in [0.25, 0.3) is 0 Å². The van der Waals surface area contributed by atoms with Gasteiger partial charge in [0.05, 0.1) is 5.69 Å². The van der Waals surface area contributed by atoms with E-state index in [1.807, 2.05) is 6.92 Å². The molecule has 0 fully saturated rings. The number of aromatic nitrogens is 2. The van der Waals surface area contributed by atoms with Crippen molar-refractivity contribution in [3.8, 4) is 0 Å². The smallest absolute Gasteiger partial charge is 0.0762 e. The van der Waals surface area contributed by atoms with Gasteiger partial charge in [-0.05, 0) is 40.7 Å². The monoisotopic (exact) mass is 224 g/mol. The topological polar surface area (TPSA) is 52.7 Å². The lowest BCUT2D eigenvalue weighted by atomic mass is 10.1. The highest BCUT2D eigenvalue weighted by atomic mass is 15.1. The quantitative estimate of drug-likeness (QED) is 0.712. The Morgan fingerprint density at radius 2 is 2.12 bits per heavy atom. The van der Waals surface area contributed by atoms with Crippen LogP contribution in [0.15, 0.2) is 6.07 Å². The first kappa shape index (κ1) is 13.2. The third-order valence-electron chi connectivity index (χ3n) is 2.33. The van der Waals surface area contributed by atoms with Crippen LogP contribution in [0.5, 0.6) is 0 Å². The van der Waals surface area contributed by atoms with Crippen LogP contribution in [0.2, 0.25) is 0 Å². The molecule has 3 N–H and O–H groups in total. The Morgan fingerprint density at radius 1 is 1.44 bits per heavy atom. The number of nitrogens with one attached hydrogen (secondary N) is 3. The van der Waals surface area contributed by atoms with Crippen LogP contribution >= 0.6 is 0 Å². The molecule has 0 spiro atoms. The van der Waals surface area contributed by atoms with Gasteiger partial charge >= 0.3 is 0 Å². The highest BCUT2D eigenvalue weighted by Crippen LogP contribution is 2.00. The molecule has 0 radical (unpaired) electrons. The van der Waals surface area contributed by atoms with Crippen LogP contribution in [0.1, 0.15) is 39.1 Å². The van der Waals surface area contributed by atoms with E-state index >= 15 is 0 Å². The summed E-state index contributed by atoms with van der Waals surface area (Å²) in [5, 5.41) is 14.0. The second kappa shape index (κ2) is 5.46. The molecular formula is C12H24N4. The summed E-state index contributed by atoms with van der Waals surface area (Å²) in [5.41, 5.74) is 2.36. The van der Waals surface area contributed by atoms with Crippen molar-refractivity contribution in [2.75, 3.05) is 6.54 Å². The molecule has 0 saturated carbocycles. The van der Waals surface area contributed by atoms with Crippen LogP contribution in [0.3, 0.4) is 0 Å². The summed E-state index contributed by atoms with van der Waals surface area (Å²) in [6.45, 7) is 12.5. The number of hydrogen-bond acceptors (Lipinski definition) is 3. The Labute approximate surface area is 98.2 Å². The van der Waals surface area contributed by atoms with Gasteiger partial charge in [-0.3, -0.25) is 5.10 Å². The number of aryl methyl sites for hydroxylation is 1. The van der Waals surface area contributed by atoms with Crippen molar-refractivity contribution < 1.29 is 0 Å². The summed E-state index contributed by atoms with van der Waals surface area (Å²) >= 11 is 0. The van der Waals surface area contributed by atoms with Crippen molar-refractivity contribution in [3.05, 3.63) is 17.5 Å². The van der Waals surface area contributed by atoms with Crippen molar-refractivity contribution in [1.82, 2.24) is 20.8 Å². The van der Waals surface area contributed by atoms with E-state index in [0.717, 1.165) is 24.5 Å². The van der Waals surface area contributed by atoms with E-state index in [4.69, 9.17) is 0 Å². The van der Waals surface area contributed by atoms with Crippen LogP contribution in [0.4, 0.5) is 0 Å². The summed E-state index contributed by atoms with van der Waals surface area (Å²) < 4.78 is 0. The number of hydrogen-bond donors (Lipinski definition) is 3. The molecule has 1 aromatic rings. The number of nitrogens with zero attached hydrogens (tertiary/aromatic N) is 1. The van der Waals surface area contributed by atoms with Crippen molar-refractivity contribution in [2.45, 2.75) is 52.7 Å². The number of aromatic amines is 1. The minimum absolute atomic E-state index is 0.179. The second-order valence-electron chi connectivity index (χ2n) is 5.46. The molecule has 0 bridgehead atoms. The van der Waals surface area contributed by atoms with E-state index < -0.39 is 0 Å². The minimum Gasteiger partial charge on any atom is -0.311 e. The molecule has 1 rings (SSSR count). The lowest BCUT2D eigenvalue weighted by Crippen LogP contribution is -2.44. The molecule has 1 atom stereocenters. The van der Waals surface area contributed by atoms with Gasteiger partial charge in [0.2, 0.25) is 0 Å². The Balaban J connectivity index is 2.22. The van der Waals surface area contributed by atoms with Crippen molar-refractivity contribution in [1.29, 1.82) is 0 Å². The maximum absolute atomic E-state index is 4.19. The van der Waals surface area contributed by atoms with Gasteiger partial charge in [-0.1, -0.05) is 0 Å². The zero-order valence-electron chi connectivity index (χ0n) is 11.0. The molecule has 4 nitrogen and oxygen atoms in total. The van der Waals surface area contributed by atoms with Crippen molar-refractivity contribution >= 4 is 0 Å². The summed E-state index contributed by atoms with van der Waals surface area (Å²) in [6, 6.07) is 2.51. The van der Waals surface area contributed by atoms with Gasteiger partial charge in [-0.25, -0.2) is 0 Å². The highest BCUT2D eigenvalue weighted by molar-refractivity contribution is 5.06. The lowest BCUT2D eigenvalue weighted by molar-refractivity contribution is 0.386. The van der Waals surface area contributed by atoms with Gasteiger partial charge in [0.1, 0.15) is 0 Å². The molecule has 0 amide bonds. The van der Waals surface area contributed by atoms with Gasteiger partial charge in [-0.15, -0.1) is 0 Å². The molecule has 92 valence electrons. The van der Waals surface area contributed by atoms with Crippen molar-refractivity contribution in [2.24, 2.45) is 0 Å². The Morgan fingerprint density at radius 3 is 2.62 bits per heavy atom. The molecular weight excluding hydrogens is 200 g/mol. The molecule has 1 heterocycles. The Bertz CT molecular complexity index is 311. The molecule has 16 heavy (non-hydrogen) atoms. The number of rotatable bonds is 5. The van der Waals surface area contributed by atoms with E-state index in [0.29, 0.717) is 6.04 Å². The predicted molar refractivity (Wildman–Crippen MR) is 67.4 cm³/mol. The van der Waals surface area contributed by atoms with E-state index in [1.54, 1.807) is 0 Å². The van der Waals surface area contributed by atoms with Crippen LogP contribution in [-0.2, 0) is 6.54 Å². The Hall–Kier alpha value is -0.870. The fraction of sp³-hybridized carbons (Fsp3) is 0.750. The lowest BCUT2D eigenvalue weighted by Gasteiger charge is -2.23. The fourth-order valence-electron chi connectivity index (χ4n) is 1.38. The molecule has 0 aliphatic carbocycles. The zero-order chi connectivity index (χ0) is 12.2. The molecule has 1 aromatic heterocycles. The zero-order valence-corrected chi connectivity index (χ0v) is 11.0. The van der Waals surface area contributed by atoms with E-state index in [-0.39, 0.29) is 5.54 Å². The van der Waals surface area contributed by atoms with Gasteiger partial charge in [0.25, 0.3) is 0 Å². The standard InChI is InChI=1S/C12H24N4/c1-9-6-11(16-15-9)8-13-10(2)7-14-12(3,4)5/h6,10,13-14H,7-8H2,1-5H3,(H,15,16). The molecule has 1 unspecified atom stereocenters. The summed E-state index contributed by atoms with van der Waals surface area (Å²) in [5.74, 6) is 0. The second-order valence-corrected chi connectivity index (χ2v) is 5.46. The van der Waals surface area contributed by atoms with Gasteiger partial charge in [0.15, 0.2) is 0 Å². The Kier molecular flexibility index (Phi) is 4.50. The normalized spacial score (nSPS) is 14.1. The first-order chi connectivity index (χ1) is 7.37. The predicted octanol–water partition coefficient (Wildman–Crippen LogP) is 1.58. The SMILES string of the molecule is Cc1cc(CNC(C)CNC(C)(C)C)n[nH]1. The van der Waals surface area contributed by atoms with Gasteiger partial charge in [0, 0.05) is 30.4 Å². The summed E-state index contributed by atoms with van der Waals surface area (Å²) in [4.78, 5) is 0. The van der Waals surface area contributed by atoms with Crippen LogP contribution in [0, 0.1) is 6.92 Å². The van der Waals surface area contributed by atoms with Crippen LogP contribution in [-0.4, -0.2) is 28.3 Å². The first-order valence-electron chi connectivity index (χ1n) is 5.86. The molecule has 4 heteroatoms.